The standard InChI is InChI=1S/C10H10BrN3/c1-10(6-12)3-2-8(10)9-13-4-7(11)5-14-9/h4-5,8H,2-3H2,1H3. The van der Waals surface area contributed by atoms with Crippen molar-refractivity contribution in [3.05, 3.63) is 22.7 Å². The van der Waals surface area contributed by atoms with E-state index in [-0.39, 0.29) is 11.3 Å². The summed E-state index contributed by atoms with van der Waals surface area (Å²) in [5.74, 6) is 1.00. The molecule has 0 aliphatic heterocycles. The molecule has 4 heteroatoms. The number of rotatable bonds is 1. The summed E-state index contributed by atoms with van der Waals surface area (Å²) in [4.78, 5) is 8.47. The maximum atomic E-state index is 9.02. The molecule has 14 heavy (non-hydrogen) atoms. The molecular formula is C10H10BrN3. The Kier molecular flexibility index (Phi) is 2.28. The first kappa shape index (κ1) is 9.60. The quantitative estimate of drug-likeness (QED) is 0.771. The molecule has 1 aliphatic rings. The lowest BCUT2D eigenvalue weighted by atomic mass is 9.62. The van der Waals surface area contributed by atoms with Crippen molar-refractivity contribution in [3.63, 3.8) is 0 Å². The highest BCUT2D eigenvalue weighted by Gasteiger charge is 2.45. The predicted octanol–water partition coefficient (Wildman–Crippen LogP) is 2.65. The molecule has 3 nitrogen and oxygen atoms in total. The molecule has 2 atom stereocenters. The zero-order valence-electron chi connectivity index (χ0n) is 7.87. The molecule has 1 aromatic heterocycles. The Morgan fingerprint density at radius 2 is 2.21 bits per heavy atom. The molecule has 0 bridgehead atoms. The minimum atomic E-state index is -0.256. The molecule has 1 aliphatic carbocycles. The Hall–Kier alpha value is -0.950. The Bertz CT molecular complexity index is 381. The summed E-state index contributed by atoms with van der Waals surface area (Å²) in [6.07, 6.45) is 5.44. The van der Waals surface area contributed by atoms with Gasteiger partial charge in [0, 0.05) is 18.3 Å². The summed E-state index contributed by atoms with van der Waals surface area (Å²) >= 11 is 3.29. The molecule has 0 radical (unpaired) electrons. The zero-order valence-corrected chi connectivity index (χ0v) is 9.45. The second kappa shape index (κ2) is 3.32. The van der Waals surface area contributed by atoms with E-state index in [0.29, 0.717) is 0 Å². The van der Waals surface area contributed by atoms with Gasteiger partial charge < -0.3 is 0 Å². The normalized spacial score (nSPS) is 30.5. The number of hydrogen-bond acceptors (Lipinski definition) is 3. The van der Waals surface area contributed by atoms with Gasteiger partial charge in [-0.2, -0.15) is 5.26 Å². The molecule has 0 N–H and O–H groups in total. The van der Waals surface area contributed by atoms with E-state index < -0.39 is 0 Å². The zero-order chi connectivity index (χ0) is 10.2. The molecular weight excluding hydrogens is 242 g/mol. The van der Waals surface area contributed by atoms with Crippen LogP contribution in [-0.4, -0.2) is 9.97 Å². The van der Waals surface area contributed by atoms with Crippen molar-refractivity contribution in [1.29, 1.82) is 5.26 Å². The topological polar surface area (TPSA) is 49.6 Å². The fourth-order valence-corrected chi connectivity index (χ4v) is 1.98. The SMILES string of the molecule is CC1(C#N)CCC1c1ncc(Br)cn1. The van der Waals surface area contributed by atoms with Crippen LogP contribution in [0.3, 0.4) is 0 Å². The van der Waals surface area contributed by atoms with Gasteiger partial charge in [-0.15, -0.1) is 0 Å². The van der Waals surface area contributed by atoms with Gasteiger partial charge >= 0.3 is 0 Å². The molecule has 1 heterocycles. The first-order valence-corrected chi connectivity index (χ1v) is 5.34. The lowest BCUT2D eigenvalue weighted by Crippen LogP contribution is -2.35. The van der Waals surface area contributed by atoms with Crippen molar-refractivity contribution < 1.29 is 0 Å². The Balaban J connectivity index is 2.26. The van der Waals surface area contributed by atoms with E-state index >= 15 is 0 Å². The van der Waals surface area contributed by atoms with Crippen LogP contribution in [0, 0.1) is 16.7 Å². The Morgan fingerprint density at radius 3 is 2.64 bits per heavy atom. The lowest BCUT2D eigenvalue weighted by molar-refractivity contribution is 0.179. The number of nitriles is 1. The average Bonchev–Trinajstić information content (AvgIpc) is 2.18. The van der Waals surface area contributed by atoms with Gasteiger partial charge in [-0.1, -0.05) is 0 Å². The Labute approximate surface area is 91.3 Å². The van der Waals surface area contributed by atoms with Crippen LogP contribution in [0.5, 0.6) is 0 Å². The number of nitrogens with zero attached hydrogens (tertiary/aromatic N) is 3. The van der Waals surface area contributed by atoms with Crippen molar-refractivity contribution >= 4 is 15.9 Å². The smallest absolute Gasteiger partial charge is 0.132 e. The minimum absolute atomic E-state index is 0.209. The molecule has 0 amide bonds. The molecule has 1 aromatic rings. The van der Waals surface area contributed by atoms with Gasteiger partial charge in [0.15, 0.2) is 0 Å². The third-order valence-corrected chi connectivity index (χ3v) is 3.34. The Morgan fingerprint density at radius 1 is 1.57 bits per heavy atom. The molecule has 1 fully saturated rings. The molecule has 2 unspecified atom stereocenters. The maximum absolute atomic E-state index is 9.02. The van der Waals surface area contributed by atoms with Crippen LogP contribution in [0.25, 0.3) is 0 Å². The van der Waals surface area contributed by atoms with Crippen LogP contribution in [-0.2, 0) is 0 Å². The van der Waals surface area contributed by atoms with Gasteiger partial charge in [-0.25, -0.2) is 9.97 Å². The van der Waals surface area contributed by atoms with Crippen LogP contribution in [0.2, 0.25) is 0 Å². The average molecular weight is 252 g/mol. The molecule has 0 spiro atoms. The summed E-state index contributed by atoms with van der Waals surface area (Å²) in [5, 5.41) is 9.02. The van der Waals surface area contributed by atoms with E-state index in [0.717, 1.165) is 23.1 Å². The predicted molar refractivity (Wildman–Crippen MR) is 55.4 cm³/mol. The van der Waals surface area contributed by atoms with E-state index in [1.54, 1.807) is 12.4 Å². The van der Waals surface area contributed by atoms with Crippen molar-refractivity contribution in [2.75, 3.05) is 0 Å². The molecule has 0 saturated heterocycles. The summed E-state index contributed by atoms with van der Waals surface area (Å²) < 4.78 is 0.874. The van der Waals surface area contributed by atoms with Crippen LogP contribution >= 0.6 is 15.9 Å². The van der Waals surface area contributed by atoms with Gasteiger partial charge in [-0.3, -0.25) is 0 Å². The van der Waals surface area contributed by atoms with Crippen LogP contribution in [0.15, 0.2) is 16.9 Å². The fraction of sp³-hybridized carbons (Fsp3) is 0.500. The summed E-state index contributed by atoms with van der Waals surface area (Å²) in [6, 6.07) is 2.35. The number of halogens is 1. The van der Waals surface area contributed by atoms with Crippen molar-refractivity contribution in [2.45, 2.75) is 25.7 Å². The summed E-state index contributed by atoms with van der Waals surface area (Å²) in [5.41, 5.74) is -0.256. The van der Waals surface area contributed by atoms with E-state index in [1.165, 1.54) is 0 Å². The first-order valence-electron chi connectivity index (χ1n) is 4.54. The maximum Gasteiger partial charge on any atom is 0.132 e. The highest BCUT2D eigenvalue weighted by Crippen LogP contribution is 2.51. The summed E-state index contributed by atoms with van der Waals surface area (Å²) in [7, 11) is 0. The van der Waals surface area contributed by atoms with E-state index in [1.807, 2.05) is 6.92 Å². The highest BCUT2D eigenvalue weighted by molar-refractivity contribution is 9.10. The highest BCUT2D eigenvalue weighted by atomic mass is 79.9. The third-order valence-electron chi connectivity index (χ3n) is 2.93. The van der Waals surface area contributed by atoms with Gasteiger partial charge in [0.25, 0.3) is 0 Å². The minimum Gasteiger partial charge on any atom is -0.240 e. The molecule has 72 valence electrons. The van der Waals surface area contributed by atoms with Gasteiger partial charge in [0.2, 0.25) is 0 Å². The van der Waals surface area contributed by atoms with Crippen molar-refractivity contribution in [2.24, 2.45) is 5.41 Å². The van der Waals surface area contributed by atoms with Gasteiger partial charge in [0.05, 0.1) is 16.0 Å². The molecule has 0 aromatic carbocycles. The second-order valence-electron chi connectivity index (χ2n) is 3.88. The van der Waals surface area contributed by atoms with Crippen LogP contribution in [0.1, 0.15) is 31.5 Å². The van der Waals surface area contributed by atoms with E-state index in [9.17, 15) is 0 Å². The van der Waals surface area contributed by atoms with Crippen LogP contribution < -0.4 is 0 Å². The summed E-state index contributed by atoms with van der Waals surface area (Å²) in [6.45, 7) is 1.98. The molecule has 2 rings (SSSR count). The van der Waals surface area contributed by atoms with Crippen molar-refractivity contribution in [3.8, 4) is 6.07 Å². The first-order chi connectivity index (χ1) is 6.65. The fourth-order valence-electron chi connectivity index (χ4n) is 1.77. The number of aromatic nitrogens is 2. The van der Waals surface area contributed by atoms with Crippen molar-refractivity contribution in [1.82, 2.24) is 9.97 Å². The van der Waals surface area contributed by atoms with E-state index in [4.69, 9.17) is 5.26 Å². The van der Waals surface area contributed by atoms with Gasteiger partial charge in [0.1, 0.15) is 5.82 Å². The monoisotopic (exact) mass is 251 g/mol. The molecule has 1 saturated carbocycles. The number of hydrogen-bond donors (Lipinski definition) is 0. The van der Waals surface area contributed by atoms with Crippen LogP contribution in [0.4, 0.5) is 0 Å². The van der Waals surface area contributed by atoms with Gasteiger partial charge in [-0.05, 0) is 35.7 Å². The second-order valence-corrected chi connectivity index (χ2v) is 4.80. The lowest BCUT2D eigenvalue weighted by Gasteiger charge is -2.40. The van der Waals surface area contributed by atoms with E-state index in [2.05, 4.69) is 32.0 Å². The largest absolute Gasteiger partial charge is 0.240 e. The third kappa shape index (κ3) is 1.42.